The van der Waals surface area contributed by atoms with Crippen molar-refractivity contribution in [2.75, 3.05) is 7.11 Å². The van der Waals surface area contributed by atoms with Crippen LogP contribution in [0.4, 0.5) is 0 Å². The van der Waals surface area contributed by atoms with Gasteiger partial charge in [-0.05, 0) is 20.3 Å². The van der Waals surface area contributed by atoms with Gasteiger partial charge in [0.2, 0.25) is 0 Å². The van der Waals surface area contributed by atoms with E-state index in [2.05, 4.69) is 60.3 Å². The van der Waals surface area contributed by atoms with E-state index in [0.29, 0.717) is 10.9 Å². The summed E-state index contributed by atoms with van der Waals surface area (Å²) in [5, 5.41) is 4.44. The lowest BCUT2D eigenvalue weighted by molar-refractivity contribution is 0.360. The molecule has 0 spiro atoms. The molecule has 1 atom stereocenters. The number of methoxy groups -OCH3 is 1. The van der Waals surface area contributed by atoms with Gasteiger partial charge in [0.25, 0.3) is 0 Å². The standard InChI is InChI=1S/C13H23BrN2O/c1-9(2)16-12(11(17-6)8-15-16)13(4,5)7-10(3)14/h8-10H,7H2,1-6H3. The highest BCUT2D eigenvalue weighted by molar-refractivity contribution is 9.09. The fourth-order valence-corrected chi connectivity index (χ4v) is 3.14. The van der Waals surface area contributed by atoms with Crippen LogP contribution in [0.5, 0.6) is 5.75 Å². The molecule has 1 aromatic heterocycles. The number of alkyl halides is 1. The van der Waals surface area contributed by atoms with Gasteiger partial charge in [0, 0.05) is 16.3 Å². The van der Waals surface area contributed by atoms with E-state index in [1.54, 1.807) is 7.11 Å². The Bertz CT molecular complexity index is 369. The second-order valence-electron chi connectivity index (χ2n) is 5.47. The average Bonchev–Trinajstić information content (AvgIpc) is 2.59. The van der Waals surface area contributed by atoms with Crippen molar-refractivity contribution in [1.29, 1.82) is 0 Å². The van der Waals surface area contributed by atoms with Crippen LogP contribution >= 0.6 is 15.9 Å². The van der Waals surface area contributed by atoms with Gasteiger partial charge < -0.3 is 4.74 Å². The maximum atomic E-state index is 5.45. The molecule has 3 nitrogen and oxygen atoms in total. The predicted octanol–water partition coefficient (Wildman–Crippen LogP) is 3.92. The van der Waals surface area contributed by atoms with E-state index in [1.165, 1.54) is 5.69 Å². The maximum absolute atomic E-state index is 5.45. The molecule has 0 aliphatic heterocycles. The molecule has 0 bridgehead atoms. The highest BCUT2D eigenvalue weighted by Crippen LogP contribution is 2.37. The first-order valence-electron chi connectivity index (χ1n) is 6.05. The number of halogens is 1. The molecule has 1 heterocycles. The topological polar surface area (TPSA) is 27.1 Å². The highest BCUT2D eigenvalue weighted by atomic mass is 79.9. The summed E-state index contributed by atoms with van der Waals surface area (Å²) in [4.78, 5) is 0.470. The Hall–Kier alpha value is -0.510. The Morgan fingerprint density at radius 3 is 2.41 bits per heavy atom. The van der Waals surface area contributed by atoms with Gasteiger partial charge in [0.1, 0.15) is 0 Å². The van der Waals surface area contributed by atoms with Gasteiger partial charge in [-0.3, -0.25) is 4.68 Å². The molecule has 0 aliphatic carbocycles. The van der Waals surface area contributed by atoms with E-state index in [4.69, 9.17) is 4.74 Å². The zero-order valence-corrected chi connectivity index (χ0v) is 13.2. The summed E-state index contributed by atoms with van der Waals surface area (Å²) in [6, 6.07) is 0.346. The van der Waals surface area contributed by atoms with Gasteiger partial charge in [-0.15, -0.1) is 0 Å². The normalized spacial score (nSPS) is 14.1. The van der Waals surface area contributed by atoms with Crippen LogP contribution in [0.2, 0.25) is 0 Å². The van der Waals surface area contributed by atoms with E-state index in [9.17, 15) is 0 Å². The number of aromatic nitrogens is 2. The third-order valence-corrected chi connectivity index (χ3v) is 3.23. The molecule has 17 heavy (non-hydrogen) atoms. The average molecular weight is 303 g/mol. The summed E-state index contributed by atoms with van der Waals surface area (Å²) in [6.07, 6.45) is 2.86. The molecule has 1 unspecified atom stereocenters. The number of ether oxygens (including phenoxy) is 1. The van der Waals surface area contributed by atoms with E-state index in [1.807, 2.05) is 6.20 Å². The molecule has 0 fully saturated rings. The summed E-state index contributed by atoms with van der Waals surface area (Å²) in [6.45, 7) is 10.9. The molecular weight excluding hydrogens is 280 g/mol. The molecule has 0 saturated heterocycles. The van der Waals surface area contributed by atoms with Gasteiger partial charge in [0.15, 0.2) is 5.75 Å². The van der Waals surface area contributed by atoms with Gasteiger partial charge >= 0.3 is 0 Å². The van der Waals surface area contributed by atoms with Crippen molar-refractivity contribution in [1.82, 2.24) is 9.78 Å². The SMILES string of the molecule is COc1cnn(C(C)C)c1C(C)(C)CC(C)Br. The molecule has 0 aromatic carbocycles. The van der Waals surface area contributed by atoms with Crippen LogP contribution in [0, 0.1) is 0 Å². The Morgan fingerprint density at radius 2 is 2.00 bits per heavy atom. The highest BCUT2D eigenvalue weighted by Gasteiger charge is 2.31. The fraction of sp³-hybridized carbons (Fsp3) is 0.769. The molecule has 0 aliphatic rings. The van der Waals surface area contributed by atoms with Crippen molar-refractivity contribution in [3.8, 4) is 5.75 Å². The monoisotopic (exact) mass is 302 g/mol. The van der Waals surface area contributed by atoms with Crippen molar-refractivity contribution in [2.45, 2.75) is 57.3 Å². The molecule has 1 aromatic rings. The second kappa shape index (κ2) is 5.42. The van der Waals surface area contributed by atoms with Crippen LogP contribution in [0.3, 0.4) is 0 Å². The van der Waals surface area contributed by atoms with Gasteiger partial charge in [-0.1, -0.05) is 36.7 Å². The minimum atomic E-state index is 0.0367. The lowest BCUT2D eigenvalue weighted by atomic mass is 9.83. The summed E-state index contributed by atoms with van der Waals surface area (Å²) < 4.78 is 7.51. The van der Waals surface area contributed by atoms with E-state index in [-0.39, 0.29) is 5.41 Å². The lowest BCUT2D eigenvalue weighted by Crippen LogP contribution is -2.26. The summed E-state index contributed by atoms with van der Waals surface area (Å²) in [5.74, 6) is 0.886. The third kappa shape index (κ3) is 3.24. The van der Waals surface area contributed by atoms with Gasteiger partial charge in [-0.25, -0.2) is 0 Å². The molecule has 0 saturated carbocycles. The largest absolute Gasteiger partial charge is 0.493 e. The smallest absolute Gasteiger partial charge is 0.160 e. The zero-order valence-electron chi connectivity index (χ0n) is 11.6. The van der Waals surface area contributed by atoms with Crippen LogP contribution in [0.1, 0.15) is 52.8 Å². The quantitative estimate of drug-likeness (QED) is 0.771. The van der Waals surface area contributed by atoms with Crippen molar-refractivity contribution in [3.05, 3.63) is 11.9 Å². The van der Waals surface area contributed by atoms with Crippen molar-refractivity contribution >= 4 is 15.9 Å². The van der Waals surface area contributed by atoms with Crippen LogP contribution in [-0.4, -0.2) is 21.7 Å². The Balaban J connectivity index is 3.21. The van der Waals surface area contributed by atoms with Crippen LogP contribution in [0.15, 0.2) is 6.20 Å². The molecule has 98 valence electrons. The Morgan fingerprint density at radius 1 is 1.41 bits per heavy atom. The Kier molecular flexibility index (Phi) is 4.64. The predicted molar refractivity (Wildman–Crippen MR) is 75.2 cm³/mol. The number of hydrogen-bond acceptors (Lipinski definition) is 2. The van der Waals surface area contributed by atoms with Crippen molar-refractivity contribution in [2.24, 2.45) is 0 Å². The Labute approximate surface area is 113 Å². The number of nitrogens with zero attached hydrogens (tertiary/aromatic N) is 2. The van der Waals surface area contributed by atoms with Crippen molar-refractivity contribution in [3.63, 3.8) is 0 Å². The number of hydrogen-bond donors (Lipinski definition) is 0. The van der Waals surface area contributed by atoms with Gasteiger partial charge in [0.05, 0.1) is 19.0 Å². The molecule has 0 amide bonds. The first-order chi connectivity index (χ1) is 7.79. The zero-order chi connectivity index (χ0) is 13.2. The third-order valence-electron chi connectivity index (χ3n) is 2.90. The molecule has 4 heteroatoms. The van der Waals surface area contributed by atoms with Crippen LogP contribution in [-0.2, 0) is 5.41 Å². The second-order valence-corrected chi connectivity index (χ2v) is 7.03. The maximum Gasteiger partial charge on any atom is 0.160 e. The summed E-state index contributed by atoms with van der Waals surface area (Å²) in [7, 11) is 1.71. The molecule has 0 N–H and O–H groups in total. The number of rotatable bonds is 5. The van der Waals surface area contributed by atoms with E-state index < -0.39 is 0 Å². The first-order valence-corrected chi connectivity index (χ1v) is 6.97. The van der Waals surface area contributed by atoms with E-state index in [0.717, 1.165) is 12.2 Å². The summed E-state index contributed by atoms with van der Waals surface area (Å²) in [5.41, 5.74) is 1.22. The minimum Gasteiger partial charge on any atom is -0.493 e. The summed E-state index contributed by atoms with van der Waals surface area (Å²) >= 11 is 3.63. The van der Waals surface area contributed by atoms with Crippen molar-refractivity contribution < 1.29 is 4.74 Å². The molecule has 1 rings (SSSR count). The van der Waals surface area contributed by atoms with E-state index >= 15 is 0 Å². The lowest BCUT2D eigenvalue weighted by Gasteiger charge is -2.29. The van der Waals surface area contributed by atoms with Crippen LogP contribution in [0.25, 0.3) is 0 Å². The fourth-order valence-electron chi connectivity index (χ4n) is 2.33. The van der Waals surface area contributed by atoms with Gasteiger partial charge in [-0.2, -0.15) is 5.10 Å². The molecular formula is C13H23BrN2O. The van der Waals surface area contributed by atoms with Crippen LogP contribution < -0.4 is 4.74 Å². The first kappa shape index (κ1) is 14.6. The minimum absolute atomic E-state index is 0.0367. The molecule has 0 radical (unpaired) electrons.